The number of nitrogens with two attached hydrogens (primary N) is 1. The zero-order valence-electron chi connectivity index (χ0n) is 15.4. The first-order valence-electron chi connectivity index (χ1n) is 9.36. The fraction of sp³-hybridized carbons (Fsp3) is 0.600. The van der Waals surface area contributed by atoms with Crippen LogP contribution in [0.1, 0.15) is 37.7 Å². The Bertz CT molecular complexity index is 649. The van der Waals surface area contributed by atoms with Crippen molar-refractivity contribution in [3.05, 3.63) is 29.8 Å². The number of aryl methyl sites for hydroxylation is 1. The predicted octanol–water partition coefficient (Wildman–Crippen LogP) is 1.90. The molecule has 2 N–H and O–H groups in total. The van der Waals surface area contributed by atoms with E-state index in [1.54, 1.807) is 12.0 Å². The van der Waals surface area contributed by atoms with Gasteiger partial charge in [-0.2, -0.15) is 0 Å². The second kappa shape index (κ2) is 8.08. The van der Waals surface area contributed by atoms with E-state index in [2.05, 4.69) is 0 Å². The van der Waals surface area contributed by atoms with E-state index in [0.717, 1.165) is 37.0 Å². The standard InChI is InChI=1S/C20H28N2O4/c1-25-16-6-3-2-5-15(16)7-8-17(23)22-12-4-9-20(18(22)19(21)24)10-13-26-14-11-20/h2-3,5-6,18H,4,7-14H2,1H3,(H2,21,24). The highest BCUT2D eigenvalue weighted by molar-refractivity contribution is 5.87. The van der Waals surface area contributed by atoms with Crippen LogP contribution in [0.3, 0.4) is 0 Å². The Balaban J connectivity index is 1.73. The molecule has 26 heavy (non-hydrogen) atoms. The molecular weight excluding hydrogens is 332 g/mol. The van der Waals surface area contributed by atoms with E-state index in [0.29, 0.717) is 32.6 Å². The SMILES string of the molecule is COc1ccccc1CCC(=O)N1CCCC2(CCOCC2)C1C(N)=O. The van der Waals surface area contributed by atoms with Crippen LogP contribution >= 0.6 is 0 Å². The highest BCUT2D eigenvalue weighted by Gasteiger charge is 2.49. The third-order valence-electron chi connectivity index (χ3n) is 5.84. The summed E-state index contributed by atoms with van der Waals surface area (Å²) < 4.78 is 10.8. The molecule has 1 unspecified atom stereocenters. The summed E-state index contributed by atoms with van der Waals surface area (Å²) in [6.07, 6.45) is 4.34. The molecule has 0 saturated carbocycles. The number of amides is 2. The number of primary amides is 1. The van der Waals surface area contributed by atoms with Crippen LogP contribution in [0.4, 0.5) is 0 Å². The molecule has 6 heteroatoms. The molecule has 3 rings (SSSR count). The van der Waals surface area contributed by atoms with E-state index < -0.39 is 11.9 Å². The first-order valence-corrected chi connectivity index (χ1v) is 9.36. The van der Waals surface area contributed by atoms with Crippen LogP contribution in [0.15, 0.2) is 24.3 Å². The zero-order valence-corrected chi connectivity index (χ0v) is 15.4. The molecular formula is C20H28N2O4. The van der Waals surface area contributed by atoms with Crippen LogP contribution in [-0.4, -0.2) is 49.6 Å². The number of ether oxygens (including phenoxy) is 2. The maximum Gasteiger partial charge on any atom is 0.240 e. The second-order valence-electron chi connectivity index (χ2n) is 7.28. The van der Waals surface area contributed by atoms with Crippen LogP contribution < -0.4 is 10.5 Å². The number of likely N-dealkylation sites (tertiary alicyclic amines) is 1. The molecule has 6 nitrogen and oxygen atoms in total. The minimum Gasteiger partial charge on any atom is -0.496 e. The summed E-state index contributed by atoms with van der Waals surface area (Å²) in [5.41, 5.74) is 6.54. The minimum absolute atomic E-state index is 0.00901. The normalized spacial score (nSPS) is 22.2. The highest BCUT2D eigenvalue weighted by Crippen LogP contribution is 2.44. The molecule has 2 fully saturated rings. The Hall–Kier alpha value is -2.08. The van der Waals surface area contributed by atoms with Crippen LogP contribution in [-0.2, 0) is 20.7 Å². The molecule has 1 atom stereocenters. The van der Waals surface area contributed by atoms with Gasteiger partial charge in [-0.25, -0.2) is 0 Å². The van der Waals surface area contributed by atoms with Gasteiger partial charge in [0.2, 0.25) is 11.8 Å². The summed E-state index contributed by atoms with van der Waals surface area (Å²) in [4.78, 5) is 27.0. The molecule has 2 saturated heterocycles. The quantitative estimate of drug-likeness (QED) is 0.869. The van der Waals surface area contributed by atoms with E-state index in [1.165, 1.54) is 0 Å². The second-order valence-corrected chi connectivity index (χ2v) is 7.28. The average molecular weight is 360 g/mol. The van der Waals surface area contributed by atoms with E-state index in [1.807, 2.05) is 24.3 Å². The largest absolute Gasteiger partial charge is 0.496 e. The zero-order chi connectivity index (χ0) is 18.6. The predicted molar refractivity (Wildman–Crippen MR) is 97.7 cm³/mol. The fourth-order valence-corrected chi connectivity index (χ4v) is 4.52. The van der Waals surface area contributed by atoms with Crippen molar-refractivity contribution in [3.63, 3.8) is 0 Å². The van der Waals surface area contributed by atoms with Crippen molar-refractivity contribution in [2.45, 2.75) is 44.6 Å². The van der Waals surface area contributed by atoms with Gasteiger partial charge in [-0.3, -0.25) is 9.59 Å². The van der Waals surface area contributed by atoms with Crippen molar-refractivity contribution in [1.82, 2.24) is 4.90 Å². The lowest BCUT2D eigenvalue weighted by Crippen LogP contribution is -2.61. The lowest BCUT2D eigenvalue weighted by atomic mass is 9.67. The van der Waals surface area contributed by atoms with Crippen LogP contribution in [0.2, 0.25) is 0 Å². The fourth-order valence-electron chi connectivity index (χ4n) is 4.52. The maximum atomic E-state index is 13.0. The number of nitrogens with zero attached hydrogens (tertiary/aromatic N) is 1. The molecule has 0 aliphatic carbocycles. The van der Waals surface area contributed by atoms with Gasteiger partial charge in [0.15, 0.2) is 0 Å². The van der Waals surface area contributed by atoms with Crippen LogP contribution in [0.25, 0.3) is 0 Å². The van der Waals surface area contributed by atoms with Gasteiger partial charge in [-0.1, -0.05) is 18.2 Å². The van der Waals surface area contributed by atoms with Crippen LogP contribution in [0, 0.1) is 5.41 Å². The Kier molecular flexibility index (Phi) is 5.81. The van der Waals surface area contributed by atoms with Gasteiger partial charge in [0, 0.05) is 31.6 Å². The number of methoxy groups -OCH3 is 1. The van der Waals surface area contributed by atoms with Gasteiger partial charge in [-0.05, 0) is 43.7 Å². The number of benzene rings is 1. The number of carbonyl (C=O) groups is 2. The topological polar surface area (TPSA) is 81.9 Å². The minimum atomic E-state index is -0.523. The Morgan fingerprint density at radius 3 is 2.69 bits per heavy atom. The highest BCUT2D eigenvalue weighted by atomic mass is 16.5. The van der Waals surface area contributed by atoms with E-state index in [-0.39, 0.29) is 11.3 Å². The lowest BCUT2D eigenvalue weighted by molar-refractivity contribution is -0.153. The number of carbonyl (C=O) groups excluding carboxylic acids is 2. The molecule has 0 radical (unpaired) electrons. The number of para-hydroxylation sites is 1. The smallest absolute Gasteiger partial charge is 0.240 e. The molecule has 1 aromatic rings. The molecule has 2 heterocycles. The van der Waals surface area contributed by atoms with Crippen molar-refractivity contribution < 1.29 is 19.1 Å². The summed E-state index contributed by atoms with van der Waals surface area (Å²) in [6.45, 7) is 1.86. The first-order chi connectivity index (χ1) is 12.6. The molecule has 1 spiro atoms. The summed E-state index contributed by atoms with van der Waals surface area (Å²) in [5, 5.41) is 0. The summed E-state index contributed by atoms with van der Waals surface area (Å²) in [7, 11) is 1.63. The summed E-state index contributed by atoms with van der Waals surface area (Å²) >= 11 is 0. The lowest BCUT2D eigenvalue weighted by Gasteiger charge is -2.50. The van der Waals surface area contributed by atoms with Gasteiger partial charge < -0.3 is 20.1 Å². The summed E-state index contributed by atoms with van der Waals surface area (Å²) in [5.74, 6) is 0.383. The summed E-state index contributed by atoms with van der Waals surface area (Å²) in [6, 6.07) is 7.18. The van der Waals surface area contributed by atoms with Gasteiger partial charge >= 0.3 is 0 Å². The van der Waals surface area contributed by atoms with Crippen LogP contribution in [0.5, 0.6) is 5.75 Å². The van der Waals surface area contributed by atoms with Crippen molar-refractivity contribution >= 4 is 11.8 Å². The van der Waals surface area contributed by atoms with E-state index in [9.17, 15) is 9.59 Å². The number of piperidine rings is 1. The average Bonchev–Trinajstić information content (AvgIpc) is 2.66. The van der Waals surface area contributed by atoms with E-state index >= 15 is 0 Å². The Morgan fingerprint density at radius 2 is 2.00 bits per heavy atom. The molecule has 2 aliphatic heterocycles. The number of rotatable bonds is 5. The molecule has 0 bridgehead atoms. The Labute approximate surface area is 154 Å². The maximum absolute atomic E-state index is 13.0. The number of hydrogen-bond acceptors (Lipinski definition) is 4. The number of hydrogen-bond donors (Lipinski definition) is 1. The molecule has 0 aromatic heterocycles. The van der Waals surface area contributed by atoms with Crippen molar-refractivity contribution in [3.8, 4) is 5.75 Å². The van der Waals surface area contributed by atoms with Crippen molar-refractivity contribution in [2.75, 3.05) is 26.9 Å². The van der Waals surface area contributed by atoms with Gasteiger partial charge in [0.25, 0.3) is 0 Å². The first kappa shape index (κ1) is 18.7. The molecule has 142 valence electrons. The van der Waals surface area contributed by atoms with Gasteiger partial charge in [0.1, 0.15) is 11.8 Å². The van der Waals surface area contributed by atoms with E-state index in [4.69, 9.17) is 15.2 Å². The molecule has 1 aromatic carbocycles. The van der Waals surface area contributed by atoms with Gasteiger partial charge in [-0.15, -0.1) is 0 Å². The van der Waals surface area contributed by atoms with Crippen molar-refractivity contribution in [1.29, 1.82) is 0 Å². The molecule has 2 aliphatic rings. The van der Waals surface area contributed by atoms with Crippen molar-refractivity contribution in [2.24, 2.45) is 11.1 Å². The monoisotopic (exact) mass is 360 g/mol. The Morgan fingerprint density at radius 1 is 1.27 bits per heavy atom. The third kappa shape index (κ3) is 3.70. The molecule has 2 amide bonds. The third-order valence-corrected chi connectivity index (χ3v) is 5.84. The van der Waals surface area contributed by atoms with Gasteiger partial charge in [0.05, 0.1) is 7.11 Å².